The molecule has 0 saturated heterocycles. The monoisotopic (exact) mass is 259 g/mol. The van der Waals surface area contributed by atoms with Crippen molar-refractivity contribution >= 4 is 22.3 Å². The minimum absolute atomic E-state index is 0.149. The second-order valence-corrected chi connectivity index (χ2v) is 4.64. The minimum atomic E-state index is 0.149. The van der Waals surface area contributed by atoms with Crippen LogP contribution in [0.15, 0.2) is 30.5 Å². The molecule has 0 aliphatic heterocycles. The molecule has 0 aliphatic carbocycles. The average Bonchev–Trinajstić information content (AvgIpc) is 2.45. The van der Waals surface area contributed by atoms with Gasteiger partial charge in [0.15, 0.2) is 0 Å². The molecular formula is C15H21N3O. The van der Waals surface area contributed by atoms with Crippen molar-refractivity contribution in [3.05, 3.63) is 30.5 Å². The molecule has 1 heterocycles. The third-order valence-corrected chi connectivity index (χ3v) is 3.27. The lowest BCUT2D eigenvalue weighted by Crippen LogP contribution is -2.28. The van der Waals surface area contributed by atoms with E-state index in [1.807, 2.05) is 24.3 Å². The van der Waals surface area contributed by atoms with Crippen LogP contribution in [0.5, 0.6) is 0 Å². The van der Waals surface area contributed by atoms with E-state index in [1.54, 1.807) is 6.20 Å². The normalized spacial score (nSPS) is 10.8. The second kappa shape index (κ2) is 6.38. The minimum Gasteiger partial charge on any atom is -0.397 e. The summed E-state index contributed by atoms with van der Waals surface area (Å²) in [5.74, 6) is 0. The smallest absolute Gasteiger partial charge is 0.0951 e. The Hall–Kier alpha value is -1.81. The Kier molecular flexibility index (Phi) is 4.58. The van der Waals surface area contributed by atoms with E-state index in [1.165, 1.54) is 0 Å². The number of aromatic nitrogens is 1. The molecule has 0 aliphatic rings. The van der Waals surface area contributed by atoms with Gasteiger partial charge in [0.1, 0.15) is 0 Å². The Morgan fingerprint density at radius 3 is 2.84 bits per heavy atom. The summed E-state index contributed by atoms with van der Waals surface area (Å²) in [7, 11) is 0. The summed E-state index contributed by atoms with van der Waals surface area (Å²) in [4.78, 5) is 6.55. The van der Waals surface area contributed by atoms with E-state index < -0.39 is 0 Å². The Balaban J connectivity index is 2.44. The quantitative estimate of drug-likeness (QED) is 0.782. The number of pyridine rings is 1. The first kappa shape index (κ1) is 13.6. The fraction of sp³-hybridized carbons (Fsp3) is 0.400. The lowest BCUT2D eigenvalue weighted by atomic mass is 10.1. The number of fused-ring (bicyclic) bond motifs is 1. The van der Waals surface area contributed by atoms with Crippen molar-refractivity contribution in [3.63, 3.8) is 0 Å². The van der Waals surface area contributed by atoms with E-state index in [0.717, 1.165) is 36.0 Å². The van der Waals surface area contributed by atoms with E-state index in [0.29, 0.717) is 12.2 Å². The summed E-state index contributed by atoms with van der Waals surface area (Å²) in [5.41, 5.74) is 8.59. The first-order chi connectivity index (χ1) is 9.27. The van der Waals surface area contributed by atoms with Gasteiger partial charge in [-0.1, -0.05) is 13.3 Å². The van der Waals surface area contributed by atoms with Gasteiger partial charge in [0.05, 0.1) is 17.8 Å². The molecule has 0 bridgehead atoms. The second-order valence-electron chi connectivity index (χ2n) is 4.64. The molecule has 3 N–H and O–H groups in total. The van der Waals surface area contributed by atoms with Gasteiger partial charge >= 0.3 is 0 Å². The van der Waals surface area contributed by atoms with Gasteiger partial charge in [-0.2, -0.15) is 0 Å². The molecule has 1 aromatic heterocycles. The number of unbranched alkanes of at least 4 members (excludes halogenated alkanes) is 1. The molecule has 0 spiro atoms. The first-order valence-corrected chi connectivity index (χ1v) is 6.77. The van der Waals surface area contributed by atoms with E-state index in [9.17, 15) is 5.11 Å². The predicted octanol–water partition coefficient (Wildman–Crippen LogP) is 2.42. The molecule has 0 fully saturated rings. The summed E-state index contributed by atoms with van der Waals surface area (Å²) < 4.78 is 0. The highest BCUT2D eigenvalue weighted by atomic mass is 16.3. The van der Waals surface area contributed by atoms with Crippen LogP contribution in [0.1, 0.15) is 19.8 Å². The Labute approximate surface area is 113 Å². The fourth-order valence-electron chi connectivity index (χ4n) is 2.28. The summed E-state index contributed by atoms with van der Waals surface area (Å²) in [6.45, 7) is 3.88. The van der Waals surface area contributed by atoms with E-state index in [2.05, 4.69) is 16.8 Å². The number of benzene rings is 1. The van der Waals surface area contributed by atoms with Crippen molar-refractivity contribution in [3.8, 4) is 0 Å². The third kappa shape index (κ3) is 2.96. The van der Waals surface area contributed by atoms with Gasteiger partial charge in [0.2, 0.25) is 0 Å². The zero-order valence-electron chi connectivity index (χ0n) is 11.3. The standard InChI is InChI=1S/C15H21N3O/c1-2-3-9-18(10-11-19)14-7-6-13(16)15-12(14)5-4-8-17-15/h4-8,19H,2-3,9-11,16H2,1H3. The molecule has 0 atom stereocenters. The van der Waals surface area contributed by atoms with Crippen LogP contribution in [-0.2, 0) is 0 Å². The molecule has 2 rings (SSSR count). The summed E-state index contributed by atoms with van der Waals surface area (Å²) >= 11 is 0. The first-order valence-electron chi connectivity index (χ1n) is 6.77. The molecule has 1 aromatic carbocycles. The van der Waals surface area contributed by atoms with Crippen LogP contribution in [0.4, 0.5) is 11.4 Å². The van der Waals surface area contributed by atoms with Crippen molar-refractivity contribution in [1.82, 2.24) is 4.98 Å². The van der Waals surface area contributed by atoms with Crippen LogP contribution < -0.4 is 10.6 Å². The number of aliphatic hydroxyl groups excluding tert-OH is 1. The summed E-state index contributed by atoms with van der Waals surface area (Å²) in [6.07, 6.45) is 3.99. The molecule has 0 saturated carbocycles. The number of hydrogen-bond acceptors (Lipinski definition) is 4. The third-order valence-electron chi connectivity index (χ3n) is 3.27. The Morgan fingerprint density at radius 1 is 1.26 bits per heavy atom. The number of nitrogens with zero attached hydrogens (tertiary/aromatic N) is 2. The average molecular weight is 259 g/mol. The van der Waals surface area contributed by atoms with Crippen molar-refractivity contribution in [2.75, 3.05) is 30.3 Å². The van der Waals surface area contributed by atoms with Crippen LogP contribution >= 0.6 is 0 Å². The summed E-state index contributed by atoms with van der Waals surface area (Å²) in [5, 5.41) is 10.3. The molecule has 0 radical (unpaired) electrons. The van der Waals surface area contributed by atoms with Gasteiger partial charge in [-0.25, -0.2) is 0 Å². The highest BCUT2D eigenvalue weighted by Gasteiger charge is 2.11. The molecule has 4 nitrogen and oxygen atoms in total. The van der Waals surface area contributed by atoms with E-state index in [4.69, 9.17) is 5.73 Å². The van der Waals surface area contributed by atoms with Crippen LogP contribution in [0, 0.1) is 0 Å². The maximum Gasteiger partial charge on any atom is 0.0951 e. The topological polar surface area (TPSA) is 62.4 Å². The number of hydrogen-bond donors (Lipinski definition) is 2. The van der Waals surface area contributed by atoms with Crippen LogP contribution in [0.25, 0.3) is 10.9 Å². The molecular weight excluding hydrogens is 238 g/mol. The van der Waals surface area contributed by atoms with Gasteiger partial charge in [0.25, 0.3) is 0 Å². The number of nitrogen functional groups attached to an aromatic ring is 1. The van der Waals surface area contributed by atoms with E-state index >= 15 is 0 Å². The highest BCUT2D eigenvalue weighted by molar-refractivity contribution is 5.98. The van der Waals surface area contributed by atoms with E-state index in [-0.39, 0.29) is 6.61 Å². The van der Waals surface area contributed by atoms with Gasteiger partial charge in [0, 0.05) is 30.4 Å². The number of aliphatic hydroxyl groups is 1. The lowest BCUT2D eigenvalue weighted by molar-refractivity contribution is 0.301. The molecule has 19 heavy (non-hydrogen) atoms. The molecule has 102 valence electrons. The highest BCUT2D eigenvalue weighted by Crippen LogP contribution is 2.29. The van der Waals surface area contributed by atoms with Crippen LogP contribution in [0.3, 0.4) is 0 Å². The molecule has 2 aromatic rings. The maximum atomic E-state index is 9.24. The number of nitrogens with two attached hydrogens (primary N) is 1. The largest absolute Gasteiger partial charge is 0.397 e. The van der Waals surface area contributed by atoms with Crippen molar-refractivity contribution in [2.45, 2.75) is 19.8 Å². The van der Waals surface area contributed by atoms with Crippen LogP contribution in [0.2, 0.25) is 0 Å². The van der Waals surface area contributed by atoms with Gasteiger partial charge in [-0.3, -0.25) is 4.98 Å². The molecule has 0 amide bonds. The van der Waals surface area contributed by atoms with Crippen molar-refractivity contribution in [2.24, 2.45) is 0 Å². The number of anilines is 2. The Morgan fingerprint density at radius 2 is 2.11 bits per heavy atom. The molecule has 4 heteroatoms. The zero-order chi connectivity index (χ0) is 13.7. The summed E-state index contributed by atoms with van der Waals surface area (Å²) in [6, 6.07) is 7.86. The van der Waals surface area contributed by atoms with Crippen molar-refractivity contribution in [1.29, 1.82) is 0 Å². The van der Waals surface area contributed by atoms with Crippen LogP contribution in [-0.4, -0.2) is 29.8 Å². The Bertz CT molecular complexity index is 542. The lowest BCUT2D eigenvalue weighted by Gasteiger charge is -2.25. The van der Waals surface area contributed by atoms with Gasteiger partial charge < -0.3 is 15.7 Å². The fourth-order valence-corrected chi connectivity index (χ4v) is 2.28. The SMILES string of the molecule is CCCCN(CCO)c1ccc(N)c2ncccc12. The van der Waals surface area contributed by atoms with Gasteiger partial charge in [-0.05, 0) is 30.7 Å². The number of rotatable bonds is 6. The maximum absolute atomic E-state index is 9.24. The zero-order valence-corrected chi connectivity index (χ0v) is 11.3. The van der Waals surface area contributed by atoms with Crippen molar-refractivity contribution < 1.29 is 5.11 Å². The molecule has 0 unspecified atom stereocenters. The van der Waals surface area contributed by atoms with Gasteiger partial charge in [-0.15, -0.1) is 0 Å². The predicted molar refractivity (Wildman–Crippen MR) is 80.4 cm³/mol.